The van der Waals surface area contributed by atoms with Crippen LogP contribution in [0, 0.1) is 5.92 Å². The Balaban J connectivity index is 1.72. The molecule has 18 heavy (non-hydrogen) atoms. The van der Waals surface area contributed by atoms with Gasteiger partial charge in [-0.25, -0.2) is 0 Å². The molecule has 0 amide bonds. The second kappa shape index (κ2) is 5.31. The van der Waals surface area contributed by atoms with E-state index in [1.165, 1.54) is 43.4 Å². The number of fused-ring (bicyclic) bond motifs is 1. The van der Waals surface area contributed by atoms with Crippen LogP contribution in [0.3, 0.4) is 0 Å². The van der Waals surface area contributed by atoms with E-state index in [-0.39, 0.29) is 6.10 Å². The predicted octanol–water partition coefficient (Wildman–Crippen LogP) is 3.66. The van der Waals surface area contributed by atoms with Gasteiger partial charge in [0.05, 0.1) is 6.10 Å². The van der Waals surface area contributed by atoms with Crippen LogP contribution in [0.15, 0.2) is 18.2 Å². The van der Waals surface area contributed by atoms with Crippen LogP contribution in [-0.2, 0) is 6.42 Å². The maximum Gasteiger partial charge on any atom is 0.0812 e. The Kier molecular flexibility index (Phi) is 3.55. The van der Waals surface area contributed by atoms with Gasteiger partial charge in [0.15, 0.2) is 0 Å². The van der Waals surface area contributed by atoms with Gasteiger partial charge in [0.2, 0.25) is 0 Å². The lowest BCUT2D eigenvalue weighted by molar-refractivity contribution is 0.132. The Morgan fingerprint density at radius 2 is 2.06 bits per heavy atom. The van der Waals surface area contributed by atoms with Crippen LogP contribution in [0.2, 0.25) is 0 Å². The molecule has 1 saturated carbocycles. The fourth-order valence-corrected chi connectivity index (χ4v) is 3.51. The minimum atomic E-state index is -0.284. The van der Waals surface area contributed by atoms with Crippen molar-refractivity contribution in [3.05, 3.63) is 29.3 Å². The van der Waals surface area contributed by atoms with Gasteiger partial charge in [0.1, 0.15) is 0 Å². The summed E-state index contributed by atoms with van der Waals surface area (Å²) in [5, 5.41) is 13.9. The SMILES string of the molecule is OC(CC1CCCCC1)c1cccc2c1NCC2. The monoisotopic (exact) mass is 245 g/mol. The van der Waals surface area contributed by atoms with Crippen molar-refractivity contribution in [1.29, 1.82) is 0 Å². The first-order chi connectivity index (χ1) is 8.84. The molecule has 0 bridgehead atoms. The van der Waals surface area contributed by atoms with Crippen LogP contribution < -0.4 is 5.32 Å². The fourth-order valence-electron chi connectivity index (χ4n) is 3.51. The average Bonchev–Trinajstić information content (AvgIpc) is 2.87. The molecule has 1 fully saturated rings. The maximum atomic E-state index is 10.5. The Hall–Kier alpha value is -1.02. The third-order valence-electron chi connectivity index (χ3n) is 4.52. The van der Waals surface area contributed by atoms with Crippen LogP contribution in [0.5, 0.6) is 0 Å². The number of benzene rings is 1. The topological polar surface area (TPSA) is 32.3 Å². The molecule has 1 unspecified atom stereocenters. The molecule has 0 saturated heterocycles. The summed E-state index contributed by atoms with van der Waals surface area (Å²) in [4.78, 5) is 0. The van der Waals surface area contributed by atoms with E-state index in [0.29, 0.717) is 0 Å². The molecule has 2 N–H and O–H groups in total. The van der Waals surface area contributed by atoms with Gasteiger partial charge >= 0.3 is 0 Å². The fraction of sp³-hybridized carbons (Fsp3) is 0.625. The van der Waals surface area contributed by atoms with E-state index >= 15 is 0 Å². The third-order valence-corrected chi connectivity index (χ3v) is 4.52. The number of aliphatic hydroxyl groups is 1. The highest BCUT2D eigenvalue weighted by atomic mass is 16.3. The second-order valence-corrected chi connectivity index (χ2v) is 5.81. The van der Waals surface area contributed by atoms with E-state index in [1.807, 2.05) is 0 Å². The molecule has 1 atom stereocenters. The van der Waals surface area contributed by atoms with Crippen LogP contribution in [0.1, 0.15) is 55.8 Å². The van der Waals surface area contributed by atoms with Crippen molar-refractivity contribution in [3.8, 4) is 0 Å². The van der Waals surface area contributed by atoms with Crippen molar-refractivity contribution in [2.45, 2.75) is 51.0 Å². The molecular formula is C16H23NO. The highest BCUT2D eigenvalue weighted by Gasteiger charge is 2.22. The summed E-state index contributed by atoms with van der Waals surface area (Å²) in [5.41, 5.74) is 3.70. The predicted molar refractivity (Wildman–Crippen MR) is 74.8 cm³/mol. The molecule has 1 aromatic carbocycles. The molecule has 1 aromatic rings. The molecule has 98 valence electrons. The van der Waals surface area contributed by atoms with Gasteiger partial charge in [-0.15, -0.1) is 0 Å². The summed E-state index contributed by atoms with van der Waals surface area (Å²) in [6.45, 7) is 1.02. The summed E-state index contributed by atoms with van der Waals surface area (Å²) in [5.74, 6) is 0.728. The van der Waals surface area contributed by atoms with Gasteiger partial charge in [0.25, 0.3) is 0 Å². The minimum Gasteiger partial charge on any atom is -0.388 e. The molecule has 2 nitrogen and oxygen atoms in total. The van der Waals surface area contributed by atoms with Crippen LogP contribution in [0.4, 0.5) is 5.69 Å². The molecular weight excluding hydrogens is 222 g/mol. The summed E-state index contributed by atoms with van der Waals surface area (Å²) in [7, 11) is 0. The van der Waals surface area contributed by atoms with Crippen molar-refractivity contribution in [2.75, 3.05) is 11.9 Å². The lowest BCUT2D eigenvalue weighted by Gasteiger charge is -2.25. The summed E-state index contributed by atoms with van der Waals surface area (Å²) in [6, 6.07) is 6.35. The van der Waals surface area contributed by atoms with Crippen LogP contribution >= 0.6 is 0 Å². The van der Waals surface area contributed by atoms with Crippen molar-refractivity contribution >= 4 is 5.69 Å². The van der Waals surface area contributed by atoms with E-state index in [2.05, 4.69) is 23.5 Å². The average molecular weight is 245 g/mol. The molecule has 1 aliphatic carbocycles. The number of hydrogen-bond donors (Lipinski definition) is 2. The van der Waals surface area contributed by atoms with E-state index < -0.39 is 0 Å². The molecule has 3 rings (SSSR count). The lowest BCUT2D eigenvalue weighted by Crippen LogP contribution is -2.12. The van der Waals surface area contributed by atoms with Crippen molar-refractivity contribution in [1.82, 2.24) is 0 Å². The Morgan fingerprint density at radius 3 is 2.89 bits per heavy atom. The number of nitrogens with one attached hydrogen (secondary N) is 1. The van der Waals surface area contributed by atoms with Gasteiger partial charge in [-0.2, -0.15) is 0 Å². The molecule has 0 spiro atoms. The quantitative estimate of drug-likeness (QED) is 0.851. The largest absolute Gasteiger partial charge is 0.388 e. The first kappa shape index (κ1) is 12.0. The molecule has 2 aliphatic rings. The standard InChI is InChI=1S/C16H23NO/c18-15(11-12-5-2-1-3-6-12)14-8-4-7-13-9-10-17-16(13)14/h4,7-8,12,15,17-18H,1-3,5-6,9-11H2. The van der Waals surface area contributed by atoms with Crippen molar-refractivity contribution in [2.24, 2.45) is 5.92 Å². The smallest absolute Gasteiger partial charge is 0.0812 e. The van der Waals surface area contributed by atoms with Gasteiger partial charge in [-0.3, -0.25) is 0 Å². The van der Waals surface area contributed by atoms with Crippen molar-refractivity contribution in [3.63, 3.8) is 0 Å². The van der Waals surface area contributed by atoms with Crippen LogP contribution in [-0.4, -0.2) is 11.7 Å². The number of hydrogen-bond acceptors (Lipinski definition) is 2. The number of rotatable bonds is 3. The number of aliphatic hydroxyl groups excluding tert-OH is 1. The normalized spacial score (nSPS) is 21.4. The first-order valence-electron chi connectivity index (χ1n) is 7.38. The number of para-hydroxylation sites is 1. The highest BCUT2D eigenvalue weighted by molar-refractivity contribution is 5.61. The maximum absolute atomic E-state index is 10.5. The number of anilines is 1. The van der Waals surface area contributed by atoms with E-state index in [9.17, 15) is 5.11 Å². The molecule has 0 radical (unpaired) electrons. The van der Waals surface area contributed by atoms with Gasteiger partial charge in [-0.05, 0) is 24.3 Å². The lowest BCUT2D eigenvalue weighted by atomic mass is 9.84. The van der Waals surface area contributed by atoms with Crippen molar-refractivity contribution < 1.29 is 5.11 Å². The highest BCUT2D eigenvalue weighted by Crippen LogP contribution is 2.36. The van der Waals surface area contributed by atoms with E-state index in [0.717, 1.165) is 30.9 Å². The zero-order chi connectivity index (χ0) is 12.4. The first-order valence-corrected chi connectivity index (χ1v) is 7.38. The van der Waals surface area contributed by atoms with E-state index in [1.54, 1.807) is 0 Å². The minimum absolute atomic E-state index is 0.284. The molecule has 0 aromatic heterocycles. The van der Waals surface area contributed by atoms with Crippen LogP contribution in [0.25, 0.3) is 0 Å². The molecule has 2 heteroatoms. The van der Waals surface area contributed by atoms with E-state index in [4.69, 9.17) is 0 Å². The second-order valence-electron chi connectivity index (χ2n) is 5.81. The zero-order valence-corrected chi connectivity index (χ0v) is 11.0. The molecule has 1 heterocycles. The Morgan fingerprint density at radius 1 is 1.22 bits per heavy atom. The Labute approximate surface area is 109 Å². The van der Waals surface area contributed by atoms with Gasteiger partial charge < -0.3 is 10.4 Å². The summed E-state index contributed by atoms with van der Waals surface area (Å²) >= 11 is 0. The van der Waals surface area contributed by atoms with Gasteiger partial charge in [-0.1, -0.05) is 50.3 Å². The third kappa shape index (κ3) is 2.39. The summed E-state index contributed by atoms with van der Waals surface area (Å²) < 4.78 is 0. The zero-order valence-electron chi connectivity index (χ0n) is 11.0. The summed E-state index contributed by atoms with van der Waals surface area (Å²) in [6.07, 6.45) is 8.45. The molecule has 1 aliphatic heterocycles. The Bertz CT molecular complexity index is 410. The van der Waals surface area contributed by atoms with Gasteiger partial charge in [0, 0.05) is 17.8 Å².